The molecule has 0 amide bonds. The Labute approximate surface area is 102 Å². The SMILES string of the molecule is CCCNCC(C)(O)c1cc(F)ccc1OC. The molecule has 0 spiro atoms. The highest BCUT2D eigenvalue weighted by Gasteiger charge is 2.26. The molecule has 3 nitrogen and oxygen atoms in total. The molecule has 0 saturated heterocycles. The standard InChI is InChI=1S/C13H20FNO2/c1-4-7-15-9-13(2,16)11-8-10(14)5-6-12(11)17-3/h5-6,8,15-16H,4,7,9H2,1-3H3. The molecule has 0 aliphatic carbocycles. The molecule has 0 heterocycles. The molecule has 1 atom stereocenters. The van der Waals surface area contributed by atoms with E-state index in [1.807, 2.05) is 6.92 Å². The lowest BCUT2D eigenvalue weighted by atomic mass is 9.94. The summed E-state index contributed by atoms with van der Waals surface area (Å²) in [5.74, 6) is 0.117. The average Bonchev–Trinajstić information content (AvgIpc) is 2.29. The summed E-state index contributed by atoms with van der Waals surface area (Å²) in [6.45, 7) is 4.87. The Hall–Kier alpha value is -1.13. The lowest BCUT2D eigenvalue weighted by Crippen LogP contribution is -2.36. The van der Waals surface area contributed by atoms with Gasteiger partial charge in [0, 0.05) is 12.1 Å². The number of methoxy groups -OCH3 is 1. The number of hydrogen-bond donors (Lipinski definition) is 2. The van der Waals surface area contributed by atoms with Gasteiger partial charge in [-0.3, -0.25) is 0 Å². The van der Waals surface area contributed by atoms with Crippen molar-refractivity contribution in [3.63, 3.8) is 0 Å². The van der Waals surface area contributed by atoms with Crippen LogP contribution < -0.4 is 10.1 Å². The van der Waals surface area contributed by atoms with Gasteiger partial charge >= 0.3 is 0 Å². The largest absolute Gasteiger partial charge is 0.496 e. The number of halogens is 1. The summed E-state index contributed by atoms with van der Waals surface area (Å²) in [5.41, 5.74) is -0.689. The minimum absolute atomic E-state index is 0.362. The van der Waals surface area contributed by atoms with Crippen molar-refractivity contribution in [1.29, 1.82) is 0 Å². The highest BCUT2D eigenvalue weighted by molar-refractivity contribution is 5.38. The summed E-state index contributed by atoms with van der Waals surface area (Å²) in [7, 11) is 1.51. The average molecular weight is 241 g/mol. The number of nitrogens with one attached hydrogen (secondary N) is 1. The molecule has 1 rings (SSSR count). The molecule has 0 bridgehead atoms. The maximum atomic E-state index is 13.2. The van der Waals surface area contributed by atoms with E-state index >= 15 is 0 Å². The lowest BCUT2D eigenvalue weighted by Gasteiger charge is -2.26. The van der Waals surface area contributed by atoms with Crippen LogP contribution in [0.5, 0.6) is 5.75 Å². The predicted octanol–water partition coefficient (Wildman–Crippen LogP) is 2.04. The Bertz CT molecular complexity index is 366. The fourth-order valence-electron chi connectivity index (χ4n) is 1.70. The molecule has 1 aromatic rings. The van der Waals surface area contributed by atoms with Gasteiger partial charge in [-0.05, 0) is 38.1 Å². The second-order valence-electron chi connectivity index (χ2n) is 4.30. The molecule has 96 valence electrons. The Kier molecular flexibility index (Phi) is 4.90. The number of ether oxygens (including phenoxy) is 1. The van der Waals surface area contributed by atoms with E-state index < -0.39 is 5.60 Å². The van der Waals surface area contributed by atoms with Gasteiger partial charge in [-0.15, -0.1) is 0 Å². The summed E-state index contributed by atoms with van der Waals surface area (Å²) >= 11 is 0. The van der Waals surface area contributed by atoms with Crippen molar-refractivity contribution >= 4 is 0 Å². The summed E-state index contributed by atoms with van der Waals surface area (Å²) in [6, 6.07) is 4.16. The monoisotopic (exact) mass is 241 g/mol. The molecular weight excluding hydrogens is 221 g/mol. The van der Waals surface area contributed by atoms with Crippen LogP contribution in [0, 0.1) is 5.82 Å². The quantitative estimate of drug-likeness (QED) is 0.749. The van der Waals surface area contributed by atoms with Crippen LogP contribution >= 0.6 is 0 Å². The van der Waals surface area contributed by atoms with Crippen LogP contribution in [0.25, 0.3) is 0 Å². The Morgan fingerprint density at radius 3 is 2.76 bits per heavy atom. The van der Waals surface area contributed by atoms with Gasteiger partial charge in [-0.2, -0.15) is 0 Å². The summed E-state index contributed by atoms with van der Waals surface area (Å²) < 4.78 is 18.4. The molecule has 0 aliphatic heterocycles. The Balaban J connectivity index is 2.91. The first-order chi connectivity index (χ1) is 8.01. The van der Waals surface area contributed by atoms with Crippen LogP contribution in [-0.2, 0) is 5.60 Å². The number of hydrogen-bond acceptors (Lipinski definition) is 3. The second kappa shape index (κ2) is 5.98. The van der Waals surface area contributed by atoms with Gasteiger partial charge in [0.25, 0.3) is 0 Å². The van der Waals surface area contributed by atoms with Crippen LogP contribution in [0.15, 0.2) is 18.2 Å². The summed E-state index contributed by atoms with van der Waals surface area (Å²) in [6.07, 6.45) is 0.983. The third-order valence-corrected chi connectivity index (χ3v) is 2.64. The fraction of sp³-hybridized carbons (Fsp3) is 0.538. The van der Waals surface area contributed by atoms with Crippen LogP contribution in [0.2, 0.25) is 0 Å². The van der Waals surface area contributed by atoms with E-state index in [0.717, 1.165) is 13.0 Å². The zero-order valence-electron chi connectivity index (χ0n) is 10.6. The second-order valence-corrected chi connectivity index (χ2v) is 4.30. The first-order valence-corrected chi connectivity index (χ1v) is 5.78. The Morgan fingerprint density at radius 2 is 2.18 bits per heavy atom. The summed E-state index contributed by atoms with van der Waals surface area (Å²) in [5, 5.41) is 13.5. The Morgan fingerprint density at radius 1 is 1.47 bits per heavy atom. The van der Waals surface area contributed by atoms with Crippen molar-refractivity contribution in [2.45, 2.75) is 25.9 Å². The smallest absolute Gasteiger partial charge is 0.125 e. The highest BCUT2D eigenvalue weighted by atomic mass is 19.1. The van der Waals surface area contributed by atoms with Crippen molar-refractivity contribution in [3.05, 3.63) is 29.6 Å². The van der Waals surface area contributed by atoms with Crippen molar-refractivity contribution in [2.75, 3.05) is 20.2 Å². The third-order valence-electron chi connectivity index (χ3n) is 2.64. The zero-order chi connectivity index (χ0) is 12.9. The molecule has 1 unspecified atom stereocenters. The zero-order valence-corrected chi connectivity index (χ0v) is 10.6. The normalized spacial score (nSPS) is 14.4. The first-order valence-electron chi connectivity index (χ1n) is 5.78. The van der Waals surface area contributed by atoms with E-state index in [9.17, 15) is 9.50 Å². The molecule has 0 fully saturated rings. The predicted molar refractivity (Wildman–Crippen MR) is 65.7 cm³/mol. The van der Waals surface area contributed by atoms with E-state index in [1.54, 1.807) is 6.92 Å². The molecule has 4 heteroatoms. The molecule has 0 saturated carbocycles. The first kappa shape index (κ1) is 13.9. The van der Waals surface area contributed by atoms with Crippen molar-refractivity contribution in [2.24, 2.45) is 0 Å². The van der Waals surface area contributed by atoms with Crippen LogP contribution in [0.3, 0.4) is 0 Å². The van der Waals surface area contributed by atoms with Crippen LogP contribution in [-0.4, -0.2) is 25.3 Å². The van der Waals surface area contributed by atoms with Gasteiger partial charge in [-0.25, -0.2) is 4.39 Å². The van der Waals surface area contributed by atoms with E-state index in [-0.39, 0.29) is 5.82 Å². The molecule has 0 aromatic heterocycles. The molecule has 2 N–H and O–H groups in total. The minimum Gasteiger partial charge on any atom is -0.496 e. The molecular formula is C13H20FNO2. The van der Waals surface area contributed by atoms with E-state index in [1.165, 1.54) is 25.3 Å². The van der Waals surface area contributed by atoms with Gasteiger partial charge in [0.2, 0.25) is 0 Å². The van der Waals surface area contributed by atoms with Gasteiger partial charge in [0.15, 0.2) is 0 Å². The maximum absolute atomic E-state index is 13.2. The van der Waals surface area contributed by atoms with Crippen molar-refractivity contribution in [1.82, 2.24) is 5.32 Å². The van der Waals surface area contributed by atoms with E-state index in [4.69, 9.17) is 4.74 Å². The van der Waals surface area contributed by atoms with Gasteiger partial charge < -0.3 is 15.2 Å². The van der Waals surface area contributed by atoms with Crippen molar-refractivity contribution in [3.8, 4) is 5.75 Å². The molecule has 17 heavy (non-hydrogen) atoms. The van der Waals surface area contributed by atoms with Crippen molar-refractivity contribution < 1.29 is 14.2 Å². The van der Waals surface area contributed by atoms with Crippen LogP contribution in [0.4, 0.5) is 4.39 Å². The fourth-order valence-corrected chi connectivity index (χ4v) is 1.70. The van der Waals surface area contributed by atoms with E-state index in [0.29, 0.717) is 17.9 Å². The van der Waals surface area contributed by atoms with Crippen LogP contribution in [0.1, 0.15) is 25.8 Å². The molecule has 0 radical (unpaired) electrons. The maximum Gasteiger partial charge on any atom is 0.125 e. The number of aliphatic hydroxyl groups is 1. The third kappa shape index (κ3) is 3.68. The van der Waals surface area contributed by atoms with Gasteiger partial charge in [-0.1, -0.05) is 6.92 Å². The topological polar surface area (TPSA) is 41.5 Å². The van der Waals surface area contributed by atoms with Gasteiger partial charge in [0.1, 0.15) is 17.2 Å². The molecule has 1 aromatic carbocycles. The van der Waals surface area contributed by atoms with E-state index in [2.05, 4.69) is 5.32 Å². The summed E-state index contributed by atoms with van der Waals surface area (Å²) in [4.78, 5) is 0. The highest BCUT2D eigenvalue weighted by Crippen LogP contribution is 2.30. The minimum atomic E-state index is -1.15. The van der Waals surface area contributed by atoms with Gasteiger partial charge in [0.05, 0.1) is 7.11 Å². The number of rotatable bonds is 6. The number of benzene rings is 1. The molecule has 0 aliphatic rings. The lowest BCUT2D eigenvalue weighted by molar-refractivity contribution is 0.0543.